The van der Waals surface area contributed by atoms with Crippen molar-refractivity contribution in [3.8, 4) is 11.4 Å². The van der Waals surface area contributed by atoms with E-state index in [4.69, 9.17) is 4.98 Å². The van der Waals surface area contributed by atoms with Gasteiger partial charge in [0, 0.05) is 37.0 Å². The number of para-hydroxylation sites is 1. The molecule has 1 fully saturated rings. The topological polar surface area (TPSA) is 87.7 Å². The molecule has 0 aliphatic carbocycles. The number of pyridine rings is 1. The Kier molecular flexibility index (Phi) is 5.46. The highest BCUT2D eigenvalue weighted by atomic mass is 32.2. The molecular weight excluding hydrogens is 416 g/mol. The molecule has 0 radical (unpaired) electrons. The van der Waals surface area contributed by atoms with E-state index in [0.29, 0.717) is 22.7 Å². The van der Waals surface area contributed by atoms with Crippen LogP contribution < -0.4 is 0 Å². The van der Waals surface area contributed by atoms with Gasteiger partial charge in [-0.3, -0.25) is 14.9 Å². The van der Waals surface area contributed by atoms with Crippen LogP contribution in [0.2, 0.25) is 0 Å². The van der Waals surface area contributed by atoms with Gasteiger partial charge in [-0.15, -0.1) is 16.4 Å². The molecule has 0 unspecified atom stereocenters. The van der Waals surface area contributed by atoms with Crippen LogP contribution in [0.3, 0.4) is 0 Å². The lowest BCUT2D eigenvalue weighted by Crippen LogP contribution is -2.40. The number of benzene rings is 1. The Morgan fingerprint density at radius 2 is 2.07 bits per heavy atom. The maximum absolute atomic E-state index is 12.8. The molecule has 1 aliphatic heterocycles. The predicted octanol–water partition coefficient (Wildman–Crippen LogP) is 3.97. The average molecular weight is 437 g/mol. The van der Waals surface area contributed by atoms with Crippen molar-refractivity contribution in [2.24, 2.45) is 0 Å². The number of hydrogen-bond acceptors (Lipinski definition) is 7. The smallest absolute Gasteiger partial charge is 0.233 e. The molecule has 1 N–H and O–H groups in total. The fourth-order valence-corrected chi connectivity index (χ4v) is 5.43. The number of aromatic amines is 1. The Bertz CT molecular complexity index is 1130. The van der Waals surface area contributed by atoms with E-state index in [-0.39, 0.29) is 5.91 Å². The first kappa shape index (κ1) is 19.2. The normalized spacial score (nSPS) is 16.8. The molecule has 0 bridgehead atoms. The molecule has 152 valence electrons. The van der Waals surface area contributed by atoms with Gasteiger partial charge in [0.05, 0.1) is 21.0 Å². The number of likely N-dealkylation sites (tertiary alicyclic amines) is 1. The van der Waals surface area contributed by atoms with Gasteiger partial charge in [0.1, 0.15) is 0 Å². The molecule has 3 aromatic heterocycles. The Balaban J connectivity index is 1.20. The van der Waals surface area contributed by atoms with Crippen molar-refractivity contribution in [3.63, 3.8) is 0 Å². The van der Waals surface area contributed by atoms with Gasteiger partial charge in [0.25, 0.3) is 0 Å². The van der Waals surface area contributed by atoms with E-state index >= 15 is 0 Å². The number of fused-ring (bicyclic) bond motifs is 1. The van der Waals surface area contributed by atoms with E-state index in [9.17, 15) is 4.79 Å². The maximum atomic E-state index is 12.8. The second-order valence-corrected chi connectivity index (χ2v) is 9.19. The summed E-state index contributed by atoms with van der Waals surface area (Å²) in [6.07, 6.45) is 5.51. The van der Waals surface area contributed by atoms with E-state index < -0.39 is 0 Å². The molecule has 1 atom stereocenters. The van der Waals surface area contributed by atoms with Crippen LogP contribution in [-0.2, 0) is 4.79 Å². The molecule has 30 heavy (non-hydrogen) atoms. The van der Waals surface area contributed by atoms with Gasteiger partial charge in [-0.1, -0.05) is 23.9 Å². The summed E-state index contributed by atoms with van der Waals surface area (Å²) < 4.78 is 1.21. The molecule has 1 amide bonds. The van der Waals surface area contributed by atoms with Crippen molar-refractivity contribution in [1.29, 1.82) is 0 Å². The monoisotopic (exact) mass is 436 g/mol. The van der Waals surface area contributed by atoms with Gasteiger partial charge in [-0.25, -0.2) is 9.97 Å². The SMILES string of the molecule is O=C(CSc1n[nH]c(-c2ccncc2)n1)N1CCC[C@@H](c2nc3ccccc3s2)C1. The number of carbonyl (C=O) groups excluding carboxylic acids is 1. The minimum Gasteiger partial charge on any atom is -0.341 e. The molecule has 1 aromatic carbocycles. The van der Waals surface area contributed by atoms with Crippen LogP contribution in [0.1, 0.15) is 23.8 Å². The zero-order valence-electron chi connectivity index (χ0n) is 16.2. The number of carbonyl (C=O) groups is 1. The summed E-state index contributed by atoms with van der Waals surface area (Å²) in [5, 5.41) is 8.86. The Labute approximate surface area is 182 Å². The number of H-pyrrole nitrogens is 1. The van der Waals surface area contributed by atoms with Crippen molar-refractivity contribution >= 4 is 39.2 Å². The molecule has 4 heterocycles. The molecule has 4 aromatic rings. The number of thioether (sulfide) groups is 1. The fourth-order valence-electron chi connectivity index (χ4n) is 3.64. The minimum absolute atomic E-state index is 0.126. The Morgan fingerprint density at radius 3 is 2.93 bits per heavy atom. The van der Waals surface area contributed by atoms with Crippen molar-refractivity contribution in [2.45, 2.75) is 23.9 Å². The van der Waals surface area contributed by atoms with Gasteiger partial charge < -0.3 is 4.90 Å². The first-order chi connectivity index (χ1) is 14.8. The standard InChI is InChI=1S/C21H20N6OS2/c28-18(13-29-21-24-19(25-26-21)14-7-9-22-10-8-14)27-11-3-4-15(12-27)20-23-16-5-1-2-6-17(16)30-20/h1-2,5-10,15H,3-4,11-13H2,(H,24,25,26)/t15-/m1/s1. The van der Waals surface area contributed by atoms with Crippen molar-refractivity contribution < 1.29 is 4.79 Å². The van der Waals surface area contributed by atoms with Gasteiger partial charge in [-0.2, -0.15) is 0 Å². The summed E-state index contributed by atoms with van der Waals surface area (Å²) in [7, 11) is 0. The van der Waals surface area contributed by atoms with Gasteiger partial charge in [-0.05, 0) is 37.1 Å². The highest BCUT2D eigenvalue weighted by Crippen LogP contribution is 2.33. The fraction of sp³-hybridized carbons (Fsp3) is 0.286. The van der Waals surface area contributed by atoms with Gasteiger partial charge >= 0.3 is 0 Å². The van der Waals surface area contributed by atoms with E-state index in [2.05, 4.69) is 32.3 Å². The van der Waals surface area contributed by atoms with E-state index in [1.807, 2.05) is 29.2 Å². The number of thiazole rings is 1. The van der Waals surface area contributed by atoms with E-state index in [1.54, 1.807) is 23.7 Å². The van der Waals surface area contributed by atoms with Crippen LogP contribution in [0, 0.1) is 0 Å². The molecule has 5 rings (SSSR count). The summed E-state index contributed by atoms with van der Waals surface area (Å²) in [6, 6.07) is 12.0. The number of nitrogens with one attached hydrogen (secondary N) is 1. The third kappa shape index (κ3) is 4.08. The number of rotatable bonds is 5. The summed E-state index contributed by atoms with van der Waals surface area (Å²) >= 11 is 3.11. The molecular formula is C21H20N6OS2. The zero-order valence-corrected chi connectivity index (χ0v) is 17.8. The third-order valence-corrected chi connectivity index (χ3v) is 7.21. The number of aromatic nitrogens is 5. The number of piperidine rings is 1. The van der Waals surface area contributed by atoms with Crippen molar-refractivity contribution in [1.82, 2.24) is 30.0 Å². The largest absolute Gasteiger partial charge is 0.341 e. The number of nitrogens with zero attached hydrogens (tertiary/aromatic N) is 5. The lowest BCUT2D eigenvalue weighted by Gasteiger charge is -2.31. The highest BCUT2D eigenvalue weighted by Gasteiger charge is 2.27. The first-order valence-corrected chi connectivity index (χ1v) is 11.7. The lowest BCUT2D eigenvalue weighted by atomic mass is 9.99. The molecule has 9 heteroatoms. The average Bonchev–Trinajstić information content (AvgIpc) is 3.45. The minimum atomic E-state index is 0.126. The second kappa shape index (κ2) is 8.53. The van der Waals surface area contributed by atoms with Crippen LogP contribution in [-0.4, -0.2) is 54.8 Å². The number of hydrogen-bond donors (Lipinski definition) is 1. The lowest BCUT2D eigenvalue weighted by molar-refractivity contribution is -0.129. The van der Waals surface area contributed by atoms with Gasteiger partial charge in [0.15, 0.2) is 5.82 Å². The number of amides is 1. The highest BCUT2D eigenvalue weighted by molar-refractivity contribution is 7.99. The molecule has 0 spiro atoms. The van der Waals surface area contributed by atoms with Gasteiger partial charge in [0.2, 0.25) is 11.1 Å². The quantitative estimate of drug-likeness (QED) is 0.476. The summed E-state index contributed by atoms with van der Waals surface area (Å²) in [5.41, 5.74) is 1.97. The molecule has 0 saturated carbocycles. The Hall–Kier alpha value is -2.78. The van der Waals surface area contributed by atoms with Crippen molar-refractivity contribution in [3.05, 3.63) is 53.8 Å². The Morgan fingerprint density at radius 1 is 1.20 bits per heavy atom. The summed E-state index contributed by atoms with van der Waals surface area (Å²) in [5.74, 6) is 1.45. The van der Waals surface area contributed by atoms with E-state index in [1.165, 1.54) is 16.5 Å². The van der Waals surface area contributed by atoms with Crippen LogP contribution in [0.25, 0.3) is 21.6 Å². The predicted molar refractivity (Wildman–Crippen MR) is 119 cm³/mol. The van der Waals surface area contributed by atoms with Crippen LogP contribution in [0.4, 0.5) is 0 Å². The van der Waals surface area contributed by atoms with Crippen LogP contribution >= 0.6 is 23.1 Å². The third-order valence-electron chi connectivity index (χ3n) is 5.18. The molecule has 1 saturated heterocycles. The van der Waals surface area contributed by atoms with Crippen LogP contribution in [0.15, 0.2) is 53.9 Å². The summed E-state index contributed by atoms with van der Waals surface area (Å²) in [4.78, 5) is 28.1. The first-order valence-electron chi connectivity index (χ1n) is 9.85. The zero-order chi connectivity index (χ0) is 20.3. The maximum Gasteiger partial charge on any atom is 0.233 e. The molecule has 1 aliphatic rings. The van der Waals surface area contributed by atoms with E-state index in [0.717, 1.165) is 42.0 Å². The van der Waals surface area contributed by atoms with Crippen LogP contribution in [0.5, 0.6) is 0 Å². The summed E-state index contributed by atoms with van der Waals surface area (Å²) in [6.45, 7) is 1.53. The van der Waals surface area contributed by atoms with Crippen molar-refractivity contribution in [2.75, 3.05) is 18.8 Å². The molecule has 7 nitrogen and oxygen atoms in total. The second-order valence-electron chi connectivity index (χ2n) is 7.19.